The van der Waals surface area contributed by atoms with E-state index in [0.29, 0.717) is 32.0 Å². The van der Waals surface area contributed by atoms with Crippen molar-refractivity contribution in [3.8, 4) is 5.75 Å². The number of carbonyl (C=O) groups excluding carboxylic acids is 3. The van der Waals surface area contributed by atoms with Crippen LogP contribution in [0.2, 0.25) is 0 Å². The number of nitrogens with one attached hydrogen (secondary N) is 1. The molecule has 1 unspecified atom stereocenters. The zero-order valence-electron chi connectivity index (χ0n) is 21.0. The molecule has 9 nitrogen and oxygen atoms in total. The molecular weight excluding hydrogens is 472 g/mol. The number of barbiturate groups is 1. The Hall–Kier alpha value is -3.72. The molecule has 0 aliphatic carbocycles. The third kappa shape index (κ3) is 4.59. The summed E-state index contributed by atoms with van der Waals surface area (Å²) in [6.07, 6.45) is 2.59. The minimum atomic E-state index is -1.48. The highest BCUT2D eigenvalue weighted by Crippen LogP contribution is 2.38. The van der Waals surface area contributed by atoms with Gasteiger partial charge in [0.15, 0.2) is 0 Å². The highest BCUT2D eigenvalue weighted by atomic mass is 16.5. The minimum Gasteiger partial charge on any atom is -0.494 e. The number of imide groups is 2. The van der Waals surface area contributed by atoms with Crippen LogP contribution < -0.4 is 15.6 Å². The second-order valence-electron chi connectivity index (χ2n) is 10.2. The summed E-state index contributed by atoms with van der Waals surface area (Å²) in [5, 5.41) is 2.43. The van der Waals surface area contributed by atoms with Crippen LogP contribution >= 0.6 is 0 Å². The van der Waals surface area contributed by atoms with Gasteiger partial charge in [0.05, 0.1) is 6.61 Å². The van der Waals surface area contributed by atoms with Crippen molar-refractivity contribution in [2.24, 2.45) is 11.3 Å². The number of ether oxygens (including phenoxy) is 1. The molecule has 5 rings (SSSR count). The van der Waals surface area contributed by atoms with E-state index in [-0.39, 0.29) is 36.9 Å². The second kappa shape index (κ2) is 9.97. The van der Waals surface area contributed by atoms with Crippen molar-refractivity contribution in [1.82, 2.24) is 19.7 Å². The number of likely N-dealkylation sites (tertiary alicyclic amines) is 1. The van der Waals surface area contributed by atoms with Crippen LogP contribution in [0.25, 0.3) is 0 Å². The largest absolute Gasteiger partial charge is 0.494 e. The van der Waals surface area contributed by atoms with Gasteiger partial charge in [-0.25, -0.2) is 4.79 Å². The number of nitrogens with zero attached hydrogens (tertiary/aromatic N) is 3. The molecule has 4 amide bonds. The Kier molecular flexibility index (Phi) is 6.72. The van der Waals surface area contributed by atoms with Gasteiger partial charge in [0.2, 0.25) is 11.8 Å². The summed E-state index contributed by atoms with van der Waals surface area (Å²) in [5.41, 5.74) is 0.324. The predicted molar refractivity (Wildman–Crippen MR) is 137 cm³/mol. The first-order valence-corrected chi connectivity index (χ1v) is 12.8. The standard InChI is InChI=1S/C28H32N4O5/c1-3-12-31-26(35)28(25(34)29-27(31)36,14-19-8-10-22(11-9-19)37-4-2)18-30-15-20-13-21(17-30)23-6-5-7-24(33)32(23)16-20/h3,5-11,20-21H,1,4,12-18H2,2H3,(H,29,34,36)/t20-,21-,28?/m1/s1. The van der Waals surface area contributed by atoms with Crippen LogP contribution in [0, 0.1) is 11.3 Å². The molecule has 1 aromatic heterocycles. The Morgan fingerprint density at radius 2 is 1.86 bits per heavy atom. The molecule has 3 aliphatic rings. The zero-order valence-corrected chi connectivity index (χ0v) is 21.0. The van der Waals surface area contributed by atoms with Gasteiger partial charge < -0.3 is 14.2 Å². The zero-order chi connectivity index (χ0) is 26.2. The first kappa shape index (κ1) is 25.0. The molecule has 194 valence electrons. The fraction of sp³-hybridized carbons (Fsp3) is 0.429. The Labute approximate surface area is 215 Å². The number of hydrogen-bond acceptors (Lipinski definition) is 6. The Morgan fingerprint density at radius 1 is 1.08 bits per heavy atom. The molecule has 2 fully saturated rings. The van der Waals surface area contributed by atoms with E-state index in [1.54, 1.807) is 12.1 Å². The first-order chi connectivity index (χ1) is 17.8. The third-order valence-electron chi connectivity index (χ3n) is 7.66. The SMILES string of the molecule is C=CCN1C(=O)NC(=O)C(Cc2ccc(OCC)cc2)(CN2C[C@H]3C[C@H](C2)c2cccc(=O)n2C3)C1=O. The summed E-state index contributed by atoms with van der Waals surface area (Å²) in [6, 6.07) is 12.0. The highest BCUT2D eigenvalue weighted by Gasteiger charge is 2.55. The minimum absolute atomic E-state index is 0.00744. The molecule has 0 saturated carbocycles. The highest BCUT2D eigenvalue weighted by molar-refractivity contribution is 6.19. The molecule has 9 heteroatoms. The molecule has 2 bridgehead atoms. The van der Waals surface area contributed by atoms with Crippen LogP contribution in [0.1, 0.15) is 30.5 Å². The number of urea groups is 1. The van der Waals surface area contributed by atoms with Crippen molar-refractivity contribution in [3.05, 3.63) is 76.7 Å². The third-order valence-corrected chi connectivity index (χ3v) is 7.66. The maximum atomic E-state index is 13.9. The van der Waals surface area contributed by atoms with Gasteiger partial charge in [0.25, 0.3) is 5.56 Å². The number of carbonyl (C=O) groups is 3. The quantitative estimate of drug-likeness (QED) is 0.437. The van der Waals surface area contributed by atoms with Crippen LogP contribution in [0.15, 0.2) is 59.9 Å². The van der Waals surface area contributed by atoms with Crippen molar-refractivity contribution < 1.29 is 19.1 Å². The molecule has 0 radical (unpaired) electrons. The van der Waals surface area contributed by atoms with Crippen molar-refractivity contribution in [2.45, 2.75) is 32.2 Å². The molecule has 2 saturated heterocycles. The normalized spacial score (nSPS) is 25.4. The van der Waals surface area contributed by atoms with Gasteiger partial charge in [0, 0.05) is 50.4 Å². The van der Waals surface area contributed by atoms with Crippen LogP contribution in [-0.2, 0) is 22.6 Å². The van der Waals surface area contributed by atoms with Crippen LogP contribution in [0.5, 0.6) is 5.75 Å². The molecule has 1 N–H and O–H groups in total. The summed E-state index contributed by atoms with van der Waals surface area (Å²) < 4.78 is 7.40. The molecule has 1 aromatic carbocycles. The fourth-order valence-corrected chi connectivity index (χ4v) is 6.10. The number of amides is 4. The number of aromatic nitrogens is 1. The summed E-state index contributed by atoms with van der Waals surface area (Å²) in [4.78, 5) is 55.6. The monoisotopic (exact) mass is 504 g/mol. The lowest BCUT2D eigenvalue weighted by Crippen LogP contribution is -2.68. The molecule has 4 heterocycles. The van der Waals surface area contributed by atoms with Crippen LogP contribution in [0.3, 0.4) is 0 Å². The van der Waals surface area contributed by atoms with E-state index in [9.17, 15) is 19.2 Å². The van der Waals surface area contributed by atoms with Gasteiger partial charge in [-0.2, -0.15) is 0 Å². The number of hydrogen-bond donors (Lipinski definition) is 1. The molecule has 37 heavy (non-hydrogen) atoms. The Morgan fingerprint density at radius 3 is 2.59 bits per heavy atom. The molecule has 3 aliphatic heterocycles. The smallest absolute Gasteiger partial charge is 0.331 e. The number of rotatable bonds is 8. The Bertz CT molecular complexity index is 1290. The van der Waals surface area contributed by atoms with Gasteiger partial charge in [-0.3, -0.25) is 24.6 Å². The van der Waals surface area contributed by atoms with Gasteiger partial charge >= 0.3 is 6.03 Å². The van der Waals surface area contributed by atoms with E-state index in [1.807, 2.05) is 41.8 Å². The van der Waals surface area contributed by atoms with E-state index in [0.717, 1.165) is 22.6 Å². The first-order valence-electron chi connectivity index (χ1n) is 12.8. The molecule has 3 atom stereocenters. The average Bonchev–Trinajstić information content (AvgIpc) is 2.87. The second-order valence-corrected chi connectivity index (χ2v) is 10.2. The van der Waals surface area contributed by atoms with Crippen LogP contribution in [-0.4, -0.2) is 65.0 Å². The van der Waals surface area contributed by atoms with Crippen molar-refractivity contribution >= 4 is 17.8 Å². The summed E-state index contributed by atoms with van der Waals surface area (Å²) in [5.74, 6) is -0.00878. The lowest BCUT2D eigenvalue weighted by molar-refractivity contribution is -0.153. The van der Waals surface area contributed by atoms with E-state index in [1.165, 1.54) is 6.08 Å². The molecule has 2 aromatic rings. The Balaban J connectivity index is 1.47. The number of pyridine rings is 1. The number of fused-ring (bicyclic) bond motifs is 4. The lowest BCUT2D eigenvalue weighted by Gasteiger charge is -2.47. The van der Waals surface area contributed by atoms with Crippen molar-refractivity contribution in [3.63, 3.8) is 0 Å². The van der Waals surface area contributed by atoms with E-state index in [4.69, 9.17) is 4.74 Å². The number of benzene rings is 1. The van der Waals surface area contributed by atoms with E-state index in [2.05, 4.69) is 16.8 Å². The van der Waals surface area contributed by atoms with E-state index >= 15 is 0 Å². The van der Waals surface area contributed by atoms with Crippen molar-refractivity contribution in [2.75, 3.05) is 32.8 Å². The van der Waals surface area contributed by atoms with Crippen molar-refractivity contribution in [1.29, 1.82) is 0 Å². The molecule has 0 spiro atoms. The average molecular weight is 505 g/mol. The van der Waals surface area contributed by atoms with Gasteiger partial charge in [0.1, 0.15) is 11.2 Å². The number of piperidine rings is 1. The maximum Gasteiger partial charge on any atom is 0.331 e. The van der Waals surface area contributed by atoms with E-state index < -0.39 is 23.3 Å². The summed E-state index contributed by atoms with van der Waals surface area (Å²) in [7, 11) is 0. The maximum absolute atomic E-state index is 13.9. The van der Waals surface area contributed by atoms with Gasteiger partial charge in [-0.15, -0.1) is 6.58 Å². The topological polar surface area (TPSA) is 101 Å². The van der Waals surface area contributed by atoms with Crippen LogP contribution in [0.4, 0.5) is 4.79 Å². The van der Waals surface area contributed by atoms with Gasteiger partial charge in [-0.1, -0.05) is 24.3 Å². The lowest BCUT2D eigenvalue weighted by atomic mass is 9.75. The van der Waals surface area contributed by atoms with Gasteiger partial charge in [-0.05, 0) is 49.4 Å². The predicted octanol–water partition coefficient (Wildman–Crippen LogP) is 2.16. The summed E-state index contributed by atoms with van der Waals surface area (Å²) >= 11 is 0. The molecular formula is C28H32N4O5. The summed E-state index contributed by atoms with van der Waals surface area (Å²) in [6.45, 7) is 8.22. The fourth-order valence-electron chi connectivity index (χ4n) is 6.10.